The molecule has 0 bridgehead atoms. The van der Waals surface area contributed by atoms with Gasteiger partial charge >= 0.3 is 0 Å². The van der Waals surface area contributed by atoms with Gasteiger partial charge in [0.05, 0.1) is 4.90 Å². The van der Waals surface area contributed by atoms with Crippen LogP contribution in [0.1, 0.15) is 38.7 Å². The number of carbonyl (C=O) groups is 1. The predicted molar refractivity (Wildman–Crippen MR) is 120 cm³/mol. The molecule has 1 amide bonds. The van der Waals surface area contributed by atoms with Crippen LogP contribution >= 0.6 is 11.6 Å². The van der Waals surface area contributed by atoms with Crippen molar-refractivity contribution in [2.24, 2.45) is 5.92 Å². The number of amides is 1. The van der Waals surface area contributed by atoms with E-state index in [9.17, 15) is 13.2 Å². The van der Waals surface area contributed by atoms with Crippen molar-refractivity contribution in [1.29, 1.82) is 0 Å². The number of hydrogen-bond acceptors (Lipinski definition) is 3. The minimum absolute atomic E-state index is 0.122. The zero-order valence-electron chi connectivity index (χ0n) is 17.5. The number of rotatable bonds is 7. The zero-order valence-corrected chi connectivity index (χ0v) is 19.1. The molecule has 5 nitrogen and oxygen atoms in total. The summed E-state index contributed by atoms with van der Waals surface area (Å²) in [6, 6.07) is 16.3. The molecule has 30 heavy (non-hydrogen) atoms. The maximum Gasteiger partial charge on any atom is 0.243 e. The van der Waals surface area contributed by atoms with E-state index in [4.69, 9.17) is 11.6 Å². The van der Waals surface area contributed by atoms with Crippen molar-refractivity contribution in [3.63, 3.8) is 0 Å². The van der Waals surface area contributed by atoms with E-state index in [1.807, 2.05) is 35.2 Å². The van der Waals surface area contributed by atoms with Crippen molar-refractivity contribution in [2.45, 2.75) is 50.6 Å². The summed E-state index contributed by atoms with van der Waals surface area (Å²) in [4.78, 5) is 15.5. The Bertz CT molecular complexity index is 940. The molecule has 0 spiro atoms. The first-order chi connectivity index (χ1) is 14.3. The lowest BCUT2D eigenvalue weighted by atomic mass is 9.95. The average molecular weight is 449 g/mol. The molecule has 0 aliphatic carbocycles. The lowest BCUT2D eigenvalue weighted by molar-refractivity contribution is -0.139. The maximum atomic E-state index is 13.3. The summed E-state index contributed by atoms with van der Waals surface area (Å²) < 4.78 is 27.3. The molecular weight excluding hydrogens is 420 g/mol. The van der Waals surface area contributed by atoms with Gasteiger partial charge in [-0.3, -0.25) is 4.79 Å². The number of halogens is 1. The number of piperidine rings is 1. The molecule has 1 heterocycles. The smallest absolute Gasteiger partial charge is 0.243 e. The predicted octanol–water partition coefficient (Wildman–Crippen LogP) is 4.57. The SMILES string of the molecule is CCC(C)N(Cc1ccccc1)C(=O)C1CCN(S(=O)(=O)c2ccc(Cl)cc2)CC1. The van der Waals surface area contributed by atoms with E-state index < -0.39 is 10.0 Å². The third kappa shape index (κ3) is 5.23. The summed E-state index contributed by atoms with van der Waals surface area (Å²) >= 11 is 5.88. The van der Waals surface area contributed by atoms with E-state index in [-0.39, 0.29) is 22.8 Å². The van der Waals surface area contributed by atoms with Crippen LogP contribution in [0.4, 0.5) is 0 Å². The monoisotopic (exact) mass is 448 g/mol. The summed E-state index contributed by atoms with van der Waals surface area (Å²) in [5.74, 6) is -0.0314. The molecule has 1 atom stereocenters. The van der Waals surface area contributed by atoms with Crippen molar-refractivity contribution in [3.05, 3.63) is 65.2 Å². The minimum atomic E-state index is -3.57. The van der Waals surface area contributed by atoms with Gasteiger partial charge in [0.15, 0.2) is 0 Å². The fraction of sp³-hybridized carbons (Fsp3) is 0.435. The Balaban J connectivity index is 1.67. The van der Waals surface area contributed by atoms with Crippen LogP contribution in [-0.4, -0.2) is 42.7 Å². The van der Waals surface area contributed by atoms with Crippen molar-refractivity contribution in [3.8, 4) is 0 Å². The zero-order chi connectivity index (χ0) is 21.7. The van der Waals surface area contributed by atoms with E-state index in [1.165, 1.54) is 16.4 Å². The molecule has 0 aromatic heterocycles. The second kappa shape index (κ2) is 9.94. The highest BCUT2D eigenvalue weighted by molar-refractivity contribution is 7.89. The largest absolute Gasteiger partial charge is 0.335 e. The molecule has 0 saturated carbocycles. The quantitative estimate of drug-likeness (QED) is 0.623. The van der Waals surface area contributed by atoms with Crippen molar-refractivity contribution >= 4 is 27.5 Å². The Morgan fingerprint density at radius 3 is 2.27 bits per heavy atom. The molecule has 0 N–H and O–H groups in total. The third-order valence-corrected chi connectivity index (χ3v) is 8.02. The molecular formula is C23H29ClN2O3S. The van der Waals surface area contributed by atoms with Gasteiger partial charge < -0.3 is 4.90 Å². The number of hydrogen-bond donors (Lipinski definition) is 0. The first-order valence-corrected chi connectivity index (χ1v) is 12.2. The third-order valence-electron chi connectivity index (χ3n) is 5.86. The molecule has 1 saturated heterocycles. The van der Waals surface area contributed by atoms with Gasteiger partial charge in [-0.1, -0.05) is 48.9 Å². The molecule has 0 radical (unpaired) electrons. The van der Waals surface area contributed by atoms with Crippen LogP contribution < -0.4 is 0 Å². The van der Waals surface area contributed by atoms with Gasteiger partial charge in [-0.15, -0.1) is 0 Å². The fourth-order valence-electron chi connectivity index (χ4n) is 3.78. The van der Waals surface area contributed by atoms with Gasteiger partial charge in [-0.25, -0.2) is 8.42 Å². The van der Waals surface area contributed by atoms with Crippen LogP contribution in [0, 0.1) is 5.92 Å². The maximum absolute atomic E-state index is 13.3. The topological polar surface area (TPSA) is 57.7 Å². The Hall–Kier alpha value is -1.89. The molecule has 3 rings (SSSR count). The molecule has 1 aliphatic heterocycles. The van der Waals surface area contributed by atoms with E-state index in [1.54, 1.807) is 12.1 Å². The van der Waals surface area contributed by atoms with Crippen LogP contribution in [0.25, 0.3) is 0 Å². The van der Waals surface area contributed by atoms with Crippen molar-refractivity contribution in [2.75, 3.05) is 13.1 Å². The van der Waals surface area contributed by atoms with Gasteiger partial charge in [0.1, 0.15) is 0 Å². The van der Waals surface area contributed by atoms with Crippen molar-refractivity contribution < 1.29 is 13.2 Å². The first kappa shape index (κ1) is 22.8. The van der Waals surface area contributed by atoms with Gasteiger partial charge in [-0.05, 0) is 56.0 Å². The normalized spacial score (nSPS) is 16.9. The second-order valence-corrected chi connectivity index (χ2v) is 10.2. The highest BCUT2D eigenvalue weighted by Gasteiger charge is 2.34. The van der Waals surface area contributed by atoms with Crippen LogP contribution in [0.3, 0.4) is 0 Å². The number of carbonyl (C=O) groups excluding carboxylic acids is 1. The average Bonchev–Trinajstić information content (AvgIpc) is 2.77. The lowest BCUT2D eigenvalue weighted by Gasteiger charge is -2.36. The summed E-state index contributed by atoms with van der Waals surface area (Å²) in [5.41, 5.74) is 1.11. The number of nitrogens with zero attached hydrogens (tertiary/aromatic N) is 2. The number of sulfonamides is 1. The molecule has 1 fully saturated rings. The van der Waals surface area contributed by atoms with Gasteiger partial charge in [0.2, 0.25) is 15.9 Å². The number of benzene rings is 2. The molecule has 1 aliphatic rings. The summed E-state index contributed by atoms with van der Waals surface area (Å²) in [6.07, 6.45) is 1.95. The highest BCUT2D eigenvalue weighted by Crippen LogP contribution is 2.27. The Morgan fingerprint density at radius 2 is 1.70 bits per heavy atom. The van der Waals surface area contributed by atoms with E-state index >= 15 is 0 Å². The first-order valence-electron chi connectivity index (χ1n) is 10.4. The van der Waals surface area contributed by atoms with Crippen LogP contribution in [0.5, 0.6) is 0 Å². The minimum Gasteiger partial charge on any atom is -0.335 e. The Kier molecular flexibility index (Phi) is 7.55. The van der Waals surface area contributed by atoms with Gasteiger partial charge in [0, 0.05) is 36.6 Å². The summed E-state index contributed by atoms with van der Waals surface area (Å²) in [6.45, 7) is 5.43. The summed E-state index contributed by atoms with van der Waals surface area (Å²) in [7, 11) is -3.57. The standard InChI is InChI=1S/C23H29ClN2O3S/c1-3-18(2)26(17-19-7-5-4-6-8-19)23(27)20-13-15-25(16-14-20)30(28,29)22-11-9-21(24)10-12-22/h4-12,18,20H,3,13-17H2,1-2H3. The van der Waals surface area contributed by atoms with Crippen molar-refractivity contribution in [1.82, 2.24) is 9.21 Å². The molecule has 2 aromatic rings. The lowest BCUT2D eigenvalue weighted by Crippen LogP contribution is -2.46. The Labute approximate surface area is 184 Å². The fourth-order valence-corrected chi connectivity index (χ4v) is 5.38. The van der Waals surface area contributed by atoms with Crippen LogP contribution in [0.15, 0.2) is 59.5 Å². The van der Waals surface area contributed by atoms with Gasteiger partial charge in [-0.2, -0.15) is 4.31 Å². The highest BCUT2D eigenvalue weighted by atomic mass is 35.5. The molecule has 162 valence electrons. The van der Waals surface area contributed by atoms with Crippen LogP contribution in [-0.2, 0) is 21.4 Å². The molecule has 7 heteroatoms. The van der Waals surface area contributed by atoms with E-state index in [2.05, 4.69) is 13.8 Å². The second-order valence-electron chi connectivity index (χ2n) is 7.84. The van der Waals surface area contributed by atoms with Crippen LogP contribution in [0.2, 0.25) is 5.02 Å². The molecule has 2 aromatic carbocycles. The van der Waals surface area contributed by atoms with E-state index in [0.717, 1.165) is 12.0 Å². The Morgan fingerprint density at radius 1 is 1.10 bits per heavy atom. The molecule has 1 unspecified atom stereocenters. The van der Waals surface area contributed by atoms with E-state index in [0.29, 0.717) is 37.5 Å². The summed E-state index contributed by atoms with van der Waals surface area (Å²) in [5, 5.41) is 0.502. The van der Waals surface area contributed by atoms with Gasteiger partial charge in [0.25, 0.3) is 0 Å².